The zero-order valence-corrected chi connectivity index (χ0v) is 17.1. The van der Waals surface area contributed by atoms with Crippen molar-refractivity contribution in [2.75, 3.05) is 12.0 Å². The van der Waals surface area contributed by atoms with Gasteiger partial charge >= 0.3 is 0 Å². The van der Waals surface area contributed by atoms with E-state index in [2.05, 4.69) is 39.8 Å². The number of aromatic nitrogens is 2. The fourth-order valence-electron chi connectivity index (χ4n) is 3.48. The van der Waals surface area contributed by atoms with Crippen molar-refractivity contribution in [2.45, 2.75) is 32.7 Å². The Kier molecular flexibility index (Phi) is 6.13. The van der Waals surface area contributed by atoms with Gasteiger partial charge in [0.15, 0.2) is 5.82 Å². The summed E-state index contributed by atoms with van der Waals surface area (Å²) in [4.78, 5) is 14.9. The molecule has 0 saturated heterocycles. The minimum Gasteiger partial charge on any atom is -0.334 e. The van der Waals surface area contributed by atoms with Gasteiger partial charge in [-0.05, 0) is 41.3 Å². The van der Waals surface area contributed by atoms with Gasteiger partial charge in [-0.1, -0.05) is 55.8 Å². The number of nitrogens with one attached hydrogen (secondary N) is 1. The van der Waals surface area contributed by atoms with Gasteiger partial charge in [0.05, 0.1) is 5.69 Å². The lowest BCUT2D eigenvalue weighted by Crippen LogP contribution is -2.36. The highest BCUT2D eigenvalue weighted by atomic mass is 16.2. The second kappa shape index (κ2) is 9.31. The van der Waals surface area contributed by atoms with Crippen molar-refractivity contribution in [2.24, 2.45) is 5.10 Å². The van der Waals surface area contributed by atoms with E-state index in [-0.39, 0.29) is 5.91 Å². The van der Waals surface area contributed by atoms with Gasteiger partial charge in [0.2, 0.25) is 0 Å². The molecule has 1 N–H and O–H groups in total. The number of hydrogen-bond acceptors (Lipinski definition) is 5. The number of hydrogen-bond donors (Lipinski definition) is 1. The van der Waals surface area contributed by atoms with E-state index in [9.17, 15) is 4.79 Å². The highest BCUT2D eigenvalue weighted by Crippen LogP contribution is 2.23. The number of amides is 1. The largest absolute Gasteiger partial charge is 0.334 e. The summed E-state index contributed by atoms with van der Waals surface area (Å²) in [5.74, 6) is 0.634. The molecular weight excluding hydrogens is 374 g/mol. The van der Waals surface area contributed by atoms with Crippen LogP contribution in [0.3, 0.4) is 0 Å². The van der Waals surface area contributed by atoms with Crippen molar-refractivity contribution in [1.82, 2.24) is 15.1 Å². The van der Waals surface area contributed by atoms with E-state index in [1.807, 2.05) is 59.6 Å². The van der Waals surface area contributed by atoms with Crippen LogP contribution in [0.1, 0.15) is 41.4 Å². The van der Waals surface area contributed by atoms with Gasteiger partial charge in [0, 0.05) is 31.3 Å². The number of anilines is 1. The Labute approximate surface area is 176 Å². The summed E-state index contributed by atoms with van der Waals surface area (Å²) in [7, 11) is 0. The van der Waals surface area contributed by atoms with Gasteiger partial charge in [-0.3, -0.25) is 10.2 Å². The van der Waals surface area contributed by atoms with E-state index in [4.69, 9.17) is 0 Å². The molecule has 6 nitrogen and oxygen atoms in total. The molecule has 0 radical (unpaired) electrons. The van der Waals surface area contributed by atoms with Crippen LogP contribution in [0.5, 0.6) is 0 Å². The van der Waals surface area contributed by atoms with Crippen LogP contribution in [-0.2, 0) is 13.0 Å². The number of unbranched alkanes of at least 4 members (excludes halogenated alkanes) is 1. The summed E-state index contributed by atoms with van der Waals surface area (Å²) in [6.45, 7) is 3.27. The van der Waals surface area contributed by atoms with E-state index in [0.717, 1.165) is 35.2 Å². The van der Waals surface area contributed by atoms with E-state index in [1.165, 1.54) is 0 Å². The first-order valence-electron chi connectivity index (χ1n) is 10.3. The van der Waals surface area contributed by atoms with Crippen molar-refractivity contribution < 1.29 is 4.79 Å². The maximum atomic E-state index is 13.0. The Morgan fingerprint density at radius 3 is 2.63 bits per heavy atom. The Morgan fingerprint density at radius 2 is 1.87 bits per heavy atom. The van der Waals surface area contributed by atoms with Crippen LogP contribution in [-0.4, -0.2) is 33.8 Å². The molecule has 0 aliphatic carbocycles. The lowest BCUT2D eigenvalue weighted by atomic mass is 10.0. The summed E-state index contributed by atoms with van der Waals surface area (Å²) < 4.78 is 0. The van der Waals surface area contributed by atoms with Crippen molar-refractivity contribution >= 4 is 17.9 Å². The maximum absolute atomic E-state index is 13.0. The summed E-state index contributed by atoms with van der Waals surface area (Å²) in [6, 6.07) is 19.9. The smallest absolute Gasteiger partial charge is 0.254 e. The van der Waals surface area contributed by atoms with Crippen LogP contribution in [0.2, 0.25) is 0 Å². The first-order chi connectivity index (χ1) is 14.7. The standard InChI is InChI=1S/C24H25N5O/c1-2-3-14-25-27-23-16-21-17-29(15-13-22(21)26-28-23)24(30)20-11-9-19(10-12-20)18-7-5-4-6-8-18/h4-12,14,16H,2-3,13,15,17H2,1H3,(H,27,28)/b25-14+. The molecule has 1 aliphatic heterocycles. The van der Waals surface area contributed by atoms with Crippen LogP contribution >= 0.6 is 0 Å². The topological polar surface area (TPSA) is 70.5 Å². The molecule has 6 heteroatoms. The van der Waals surface area contributed by atoms with Crippen molar-refractivity contribution in [3.05, 3.63) is 77.5 Å². The zero-order valence-electron chi connectivity index (χ0n) is 17.1. The molecule has 0 atom stereocenters. The molecule has 1 aromatic heterocycles. The molecule has 0 fully saturated rings. The Morgan fingerprint density at radius 1 is 1.10 bits per heavy atom. The van der Waals surface area contributed by atoms with Crippen molar-refractivity contribution in [1.29, 1.82) is 0 Å². The molecule has 0 saturated carbocycles. The first kappa shape index (κ1) is 19.8. The van der Waals surface area contributed by atoms with Gasteiger partial charge in [-0.25, -0.2) is 0 Å². The Hall–Kier alpha value is -3.54. The molecule has 30 heavy (non-hydrogen) atoms. The monoisotopic (exact) mass is 399 g/mol. The third-order valence-corrected chi connectivity index (χ3v) is 5.15. The van der Waals surface area contributed by atoms with Gasteiger partial charge in [-0.15, -0.1) is 5.10 Å². The van der Waals surface area contributed by atoms with Gasteiger partial charge in [-0.2, -0.15) is 10.2 Å². The average molecular weight is 399 g/mol. The SMILES string of the molecule is CCC/C=N/Nc1cc2c(nn1)CCN(C(=O)c1ccc(-c3ccccc3)cc1)C2. The van der Waals surface area contributed by atoms with Crippen LogP contribution in [0.4, 0.5) is 5.82 Å². The Balaban J connectivity index is 1.45. The number of fused-ring (bicyclic) bond motifs is 1. The number of nitrogens with zero attached hydrogens (tertiary/aromatic N) is 4. The highest BCUT2D eigenvalue weighted by Gasteiger charge is 2.23. The average Bonchev–Trinajstić information content (AvgIpc) is 2.81. The van der Waals surface area contributed by atoms with Crippen molar-refractivity contribution in [3.8, 4) is 11.1 Å². The number of benzene rings is 2. The predicted molar refractivity (Wildman–Crippen MR) is 119 cm³/mol. The molecule has 0 unspecified atom stereocenters. The number of hydrazone groups is 1. The maximum Gasteiger partial charge on any atom is 0.254 e. The fourth-order valence-corrected chi connectivity index (χ4v) is 3.48. The summed E-state index contributed by atoms with van der Waals surface area (Å²) in [6.07, 6.45) is 4.49. The predicted octanol–water partition coefficient (Wildman–Crippen LogP) is 4.54. The molecule has 0 bridgehead atoms. The molecule has 3 aromatic rings. The highest BCUT2D eigenvalue weighted by molar-refractivity contribution is 5.94. The third kappa shape index (κ3) is 4.54. The summed E-state index contributed by atoms with van der Waals surface area (Å²) in [5.41, 5.74) is 7.82. The van der Waals surface area contributed by atoms with E-state index >= 15 is 0 Å². The van der Waals surface area contributed by atoms with E-state index in [0.29, 0.717) is 30.9 Å². The molecule has 1 aliphatic rings. The fraction of sp³-hybridized carbons (Fsp3) is 0.250. The normalized spacial score (nSPS) is 13.3. The molecule has 152 valence electrons. The second-order valence-corrected chi connectivity index (χ2v) is 7.33. The molecule has 2 heterocycles. The summed E-state index contributed by atoms with van der Waals surface area (Å²) >= 11 is 0. The van der Waals surface area contributed by atoms with Gasteiger partial charge in [0.25, 0.3) is 5.91 Å². The Bertz CT molecular complexity index is 1030. The summed E-state index contributed by atoms with van der Waals surface area (Å²) in [5, 5.41) is 12.6. The van der Waals surface area contributed by atoms with Crippen LogP contribution < -0.4 is 5.43 Å². The minimum absolute atomic E-state index is 0.0348. The molecule has 0 spiro atoms. The molecule has 4 rings (SSSR count). The second-order valence-electron chi connectivity index (χ2n) is 7.33. The molecule has 1 amide bonds. The van der Waals surface area contributed by atoms with Crippen LogP contribution in [0.15, 0.2) is 65.8 Å². The van der Waals surface area contributed by atoms with E-state index in [1.54, 1.807) is 0 Å². The number of rotatable bonds is 6. The van der Waals surface area contributed by atoms with Crippen molar-refractivity contribution in [3.63, 3.8) is 0 Å². The van der Waals surface area contributed by atoms with Crippen LogP contribution in [0.25, 0.3) is 11.1 Å². The number of carbonyl (C=O) groups is 1. The zero-order chi connectivity index (χ0) is 20.8. The van der Waals surface area contributed by atoms with Gasteiger partial charge in [0.1, 0.15) is 0 Å². The number of carbonyl (C=O) groups excluding carboxylic acids is 1. The third-order valence-electron chi connectivity index (χ3n) is 5.15. The van der Waals surface area contributed by atoms with Gasteiger partial charge < -0.3 is 4.90 Å². The quantitative estimate of drug-likeness (QED) is 0.488. The van der Waals surface area contributed by atoms with E-state index < -0.39 is 0 Å². The molecular formula is C24H25N5O. The lowest BCUT2D eigenvalue weighted by molar-refractivity contribution is 0.0733. The first-order valence-corrected chi connectivity index (χ1v) is 10.3. The lowest BCUT2D eigenvalue weighted by Gasteiger charge is -2.28. The minimum atomic E-state index is 0.0348. The molecule has 2 aromatic carbocycles. The van der Waals surface area contributed by atoms with Crippen LogP contribution in [0, 0.1) is 0 Å².